The number of rotatable bonds is 7. The topological polar surface area (TPSA) is 130 Å². The van der Waals surface area contributed by atoms with E-state index < -0.39 is 18.6 Å². The Bertz CT molecular complexity index is 290. The average Bonchev–Trinajstić information content (AvgIpc) is 2.71. The molecule has 0 amide bonds. The first-order chi connectivity index (χ1) is 8.36. The predicted octanol–water partition coefficient (Wildman–Crippen LogP) is -0.461. The van der Waals surface area contributed by atoms with E-state index in [0.29, 0.717) is 25.7 Å². The van der Waals surface area contributed by atoms with E-state index >= 15 is 0 Å². The van der Waals surface area contributed by atoms with Crippen molar-refractivity contribution in [1.82, 2.24) is 0 Å². The van der Waals surface area contributed by atoms with E-state index in [-0.39, 0.29) is 18.3 Å². The Morgan fingerprint density at radius 2 is 2.00 bits per heavy atom. The second-order valence-electron chi connectivity index (χ2n) is 5.34. The fraction of sp³-hybridized carbons (Fsp3) is 0.909. The Morgan fingerprint density at radius 1 is 1.33 bits per heavy atom. The molecule has 6 nitrogen and oxygen atoms in total. The second kappa shape index (κ2) is 6.52. The van der Waals surface area contributed by atoms with Gasteiger partial charge in [-0.2, -0.15) is 0 Å². The van der Waals surface area contributed by atoms with Crippen LogP contribution in [0.15, 0.2) is 0 Å². The van der Waals surface area contributed by atoms with E-state index in [1.807, 2.05) is 0 Å². The minimum atomic E-state index is -1.33. The van der Waals surface area contributed by atoms with E-state index in [9.17, 15) is 9.90 Å². The van der Waals surface area contributed by atoms with Gasteiger partial charge in [-0.25, -0.2) is 0 Å². The van der Waals surface area contributed by atoms with Crippen LogP contribution in [0.25, 0.3) is 0 Å². The summed E-state index contributed by atoms with van der Waals surface area (Å²) >= 11 is 0. The highest BCUT2D eigenvalue weighted by Crippen LogP contribution is 2.35. The summed E-state index contributed by atoms with van der Waals surface area (Å²) in [5.74, 6) is -1.06. The Labute approximate surface area is 107 Å². The predicted molar refractivity (Wildman–Crippen MR) is 68.7 cm³/mol. The van der Waals surface area contributed by atoms with Gasteiger partial charge in [0.25, 0.3) is 0 Å². The molecule has 3 atom stereocenters. The van der Waals surface area contributed by atoms with Crippen LogP contribution in [0, 0.1) is 5.92 Å². The lowest BCUT2D eigenvalue weighted by Crippen LogP contribution is -2.53. The number of unbranched alkanes of at least 4 members (excludes halogenated alkanes) is 1. The molecule has 0 spiro atoms. The summed E-state index contributed by atoms with van der Waals surface area (Å²) in [6, 6.07) is 0.0524. The Kier molecular flexibility index (Phi) is 5.59. The number of hydrogen-bond donors (Lipinski definition) is 5. The minimum Gasteiger partial charge on any atom is -0.480 e. The monoisotopic (exact) mass is 258 g/mol. The highest BCUT2D eigenvalue weighted by Gasteiger charge is 2.44. The van der Waals surface area contributed by atoms with Crippen molar-refractivity contribution in [2.45, 2.75) is 56.4 Å². The molecule has 0 heterocycles. The van der Waals surface area contributed by atoms with Crippen molar-refractivity contribution in [3.63, 3.8) is 0 Å². The lowest BCUT2D eigenvalue weighted by Gasteiger charge is -2.31. The fourth-order valence-corrected chi connectivity index (χ4v) is 2.71. The summed E-state index contributed by atoms with van der Waals surface area (Å²) in [5, 5.41) is 26.8. The number of nitrogens with two attached hydrogens (primary N) is 2. The average molecular weight is 258 g/mol. The minimum absolute atomic E-state index is 0.0524. The van der Waals surface area contributed by atoms with Crippen LogP contribution in [-0.2, 0) is 4.79 Å². The van der Waals surface area contributed by atoms with E-state index in [0.717, 1.165) is 12.8 Å². The first kappa shape index (κ1) is 15.4. The van der Waals surface area contributed by atoms with E-state index in [4.69, 9.17) is 21.5 Å². The molecule has 1 aliphatic rings. The van der Waals surface area contributed by atoms with E-state index in [1.54, 1.807) is 0 Å². The van der Waals surface area contributed by atoms with Crippen LogP contribution >= 0.6 is 0 Å². The van der Waals surface area contributed by atoms with E-state index in [1.165, 1.54) is 0 Å². The zero-order valence-electron chi connectivity index (χ0n) is 10.6. The SMILES string of the molecule is N[C@H]1CC[C@@H](C(N)(CCCCB(O)O)C(=O)O)C1. The first-order valence-corrected chi connectivity index (χ1v) is 6.50. The first-order valence-electron chi connectivity index (χ1n) is 6.50. The third-order valence-corrected chi connectivity index (χ3v) is 3.90. The third kappa shape index (κ3) is 3.95. The highest BCUT2D eigenvalue weighted by atomic mass is 16.4. The Morgan fingerprint density at radius 3 is 2.44 bits per heavy atom. The molecule has 1 rings (SSSR count). The summed E-state index contributed by atoms with van der Waals surface area (Å²) in [7, 11) is -1.33. The van der Waals surface area contributed by atoms with Crippen molar-refractivity contribution in [3.05, 3.63) is 0 Å². The van der Waals surface area contributed by atoms with Crippen molar-refractivity contribution in [2.24, 2.45) is 17.4 Å². The smallest absolute Gasteiger partial charge is 0.451 e. The van der Waals surface area contributed by atoms with Crippen LogP contribution in [0.4, 0.5) is 0 Å². The van der Waals surface area contributed by atoms with Gasteiger partial charge in [0.1, 0.15) is 5.54 Å². The number of carboxylic acids is 1. The molecule has 1 fully saturated rings. The summed E-state index contributed by atoms with van der Waals surface area (Å²) in [6.45, 7) is 0. The highest BCUT2D eigenvalue weighted by molar-refractivity contribution is 6.40. The molecule has 1 saturated carbocycles. The van der Waals surface area contributed by atoms with Crippen LogP contribution in [0.5, 0.6) is 0 Å². The van der Waals surface area contributed by atoms with E-state index in [2.05, 4.69) is 0 Å². The lowest BCUT2D eigenvalue weighted by molar-refractivity contribution is -0.146. The van der Waals surface area contributed by atoms with Crippen LogP contribution in [0.2, 0.25) is 6.32 Å². The molecule has 104 valence electrons. The van der Waals surface area contributed by atoms with Gasteiger partial charge in [-0.05, 0) is 37.9 Å². The number of hydrogen-bond acceptors (Lipinski definition) is 5. The van der Waals surface area contributed by atoms with Gasteiger partial charge in [0.15, 0.2) is 0 Å². The molecule has 7 N–H and O–H groups in total. The molecule has 1 unspecified atom stereocenters. The van der Waals surface area contributed by atoms with Gasteiger partial charge in [-0.15, -0.1) is 0 Å². The van der Waals surface area contributed by atoms with Crippen molar-refractivity contribution in [2.75, 3.05) is 0 Å². The number of carbonyl (C=O) groups is 1. The van der Waals surface area contributed by atoms with Gasteiger partial charge in [0, 0.05) is 6.04 Å². The maximum Gasteiger partial charge on any atom is 0.451 e. The van der Waals surface area contributed by atoms with Crippen LogP contribution < -0.4 is 11.5 Å². The molecule has 0 bridgehead atoms. The Hall–Kier alpha value is -0.625. The fourth-order valence-electron chi connectivity index (χ4n) is 2.71. The molecule has 7 heteroatoms. The zero-order valence-corrected chi connectivity index (χ0v) is 10.6. The number of aliphatic carboxylic acids is 1. The van der Waals surface area contributed by atoms with Gasteiger partial charge < -0.3 is 26.6 Å². The van der Waals surface area contributed by atoms with Crippen molar-refractivity contribution in [1.29, 1.82) is 0 Å². The van der Waals surface area contributed by atoms with Crippen molar-refractivity contribution < 1.29 is 19.9 Å². The third-order valence-electron chi connectivity index (χ3n) is 3.90. The molecule has 1 aliphatic carbocycles. The lowest BCUT2D eigenvalue weighted by atomic mass is 9.77. The normalized spacial score (nSPS) is 26.9. The summed E-state index contributed by atoms with van der Waals surface area (Å²) < 4.78 is 0. The van der Waals surface area contributed by atoms with Crippen LogP contribution in [-0.4, -0.2) is 39.8 Å². The molecule has 0 aromatic carbocycles. The molecule has 0 aliphatic heterocycles. The quantitative estimate of drug-likeness (QED) is 0.310. The zero-order chi connectivity index (χ0) is 13.8. The van der Waals surface area contributed by atoms with Crippen LogP contribution in [0.3, 0.4) is 0 Å². The van der Waals surface area contributed by atoms with Gasteiger partial charge >= 0.3 is 13.1 Å². The maximum atomic E-state index is 11.4. The molecule has 0 saturated heterocycles. The second-order valence-corrected chi connectivity index (χ2v) is 5.34. The molecule has 18 heavy (non-hydrogen) atoms. The molecular formula is C11H23BN2O4. The van der Waals surface area contributed by atoms with Crippen molar-refractivity contribution >= 4 is 13.1 Å². The van der Waals surface area contributed by atoms with Gasteiger partial charge in [0.2, 0.25) is 0 Å². The van der Waals surface area contributed by atoms with Crippen molar-refractivity contribution in [3.8, 4) is 0 Å². The molecule has 0 radical (unpaired) electrons. The summed E-state index contributed by atoms with van der Waals surface area (Å²) in [5.41, 5.74) is 10.6. The maximum absolute atomic E-state index is 11.4. The molecule has 0 aromatic rings. The Balaban J connectivity index is 2.50. The number of carboxylic acid groups (broad SMARTS) is 1. The largest absolute Gasteiger partial charge is 0.480 e. The molecular weight excluding hydrogens is 235 g/mol. The van der Waals surface area contributed by atoms with Gasteiger partial charge in [-0.1, -0.05) is 12.8 Å². The standard InChI is InChI=1S/C11H23BN2O4/c13-9-4-3-8(7-9)11(14,10(15)16)5-1-2-6-12(17)18/h8-9,17-18H,1-7,13-14H2,(H,15,16)/t8-,9+,11?/m1/s1. The molecule has 0 aromatic heterocycles. The van der Waals surface area contributed by atoms with Gasteiger partial charge in [0.05, 0.1) is 0 Å². The van der Waals surface area contributed by atoms with Gasteiger partial charge in [-0.3, -0.25) is 4.79 Å². The summed E-state index contributed by atoms with van der Waals surface area (Å²) in [4.78, 5) is 11.4. The summed E-state index contributed by atoms with van der Waals surface area (Å²) in [6.07, 6.45) is 3.98. The van der Waals surface area contributed by atoms with Crippen LogP contribution in [0.1, 0.15) is 38.5 Å².